The Hall–Kier alpha value is -1.93. The predicted octanol–water partition coefficient (Wildman–Crippen LogP) is 5.88. The molecule has 1 atom stereocenters. The molecule has 0 aliphatic heterocycles. The lowest BCUT2D eigenvalue weighted by atomic mass is 10.1. The van der Waals surface area contributed by atoms with E-state index in [4.69, 9.17) is 16.0 Å². The Morgan fingerprint density at radius 1 is 1.10 bits per heavy atom. The molecule has 3 rings (SSSR count). The molecule has 0 spiro atoms. The maximum Gasteiger partial charge on any atom is 0.134 e. The lowest BCUT2D eigenvalue weighted by Gasteiger charge is -2.16. The number of furan rings is 1. The zero-order valence-electron chi connectivity index (χ0n) is 12.4. The Morgan fingerprint density at radius 2 is 1.86 bits per heavy atom. The fourth-order valence-corrected chi connectivity index (χ4v) is 2.92. The Balaban J connectivity index is 1.93. The Labute approximate surface area is 129 Å². The normalized spacial score (nSPS) is 12.6. The van der Waals surface area contributed by atoms with Gasteiger partial charge in [-0.2, -0.15) is 0 Å². The van der Waals surface area contributed by atoms with Gasteiger partial charge in [0.05, 0.1) is 6.04 Å². The van der Waals surface area contributed by atoms with E-state index in [1.165, 1.54) is 10.9 Å². The number of aryl methyl sites for hydroxylation is 2. The van der Waals surface area contributed by atoms with Crippen LogP contribution in [0.2, 0.25) is 5.02 Å². The van der Waals surface area contributed by atoms with Gasteiger partial charge >= 0.3 is 0 Å². The molecule has 0 saturated carbocycles. The van der Waals surface area contributed by atoms with Crippen LogP contribution in [0.3, 0.4) is 0 Å². The van der Waals surface area contributed by atoms with Crippen LogP contribution in [-0.4, -0.2) is 0 Å². The second kappa shape index (κ2) is 5.45. The summed E-state index contributed by atoms with van der Waals surface area (Å²) >= 11 is 6.00. The minimum Gasteiger partial charge on any atom is -0.459 e. The van der Waals surface area contributed by atoms with Crippen molar-refractivity contribution >= 4 is 28.3 Å². The van der Waals surface area contributed by atoms with Crippen LogP contribution in [-0.2, 0) is 0 Å². The molecule has 0 fully saturated rings. The van der Waals surface area contributed by atoms with E-state index in [2.05, 4.69) is 25.2 Å². The van der Waals surface area contributed by atoms with Gasteiger partial charge in [0.25, 0.3) is 0 Å². The fourth-order valence-electron chi connectivity index (χ4n) is 2.69. The second-order valence-corrected chi connectivity index (χ2v) is 5.85. The highest BCUT2D eigenvalue weighted by atomic mass is 35.5. The standard InChI is InChI=1S/C18H18ClNO/c1-11-10-14(19)8-9-16(11)20-13(3)18-12(2)15-6-4-5-7-17(15)21-18/h4-10,13,20H,1-3H3. The summed E-state index contributed by atoms with van der Waals surface area (Å²) < 4.78 is 6.01. The quantitative estimate of drug-likeness (QED) is 0.653. The van der Waals surface area contributed by atoms with Gasteiger partial charge in [-0.3, -0.25) is 0 Å². The van der Waals surface area contributed by atoms with Gasteiger partial charge < -0.3 is 9.73 Å². The first-order valence-electron chi connectivity index (χ1n) is 7.07. The van der Waals surface area contributed by atoms with Gasteiger partial charge in [-0.25, -0.2) is 0 Å². The van der Waals surface area contributed by atoms with E-state index in [1.807, 2.05) is 43.3 Å². The molecule has 0 bridgehead atoms. The summed E-state index contributed by atoms with van der Waals surface area (Å²) in [6.45, 7) is 6.26. The van der Waals surface area contributed by atoms with Crippen LogP contribution in [0.15, 0.2) is 46.9 Å². The van der Waals surface area contributed by atoms with Gasteiger partial charge in [-0.1, -0.05) is 29.8 Å². The van der Waals surface area contributed by atoms with E-state index in [0.29, 0.717) is 0 Å². The highest BCUT2D eigenvalue weighted by Crippen LogP contribution is 2.32. The smallest absolute Gasteiger partial charge is 0.134 e. The zero-order chi connectivity index (χ0) is 15.0. The third-order valence-corrected chi connectivity index (χ3v) is 4.07. The van der Waals surface area contributed by atoms with Gasteiger partial charge in [0, 0.05) is 21.7 Å². The number of fused-ring (bicyclic) bond motifs is 1. The van der Waals surface area contributed by atoms with Crippen LogP contribution in [0.1, 0.15) is 29.9 Å². The maximum absolute atomic E-state index is 6.01. The van der Waals surface area contributed by atoms with Crippen LogP contribution in [0.25, 0.3) is 11.0 Å². The molecule has 0 aliphatic rings. The van der Waals surface area contributed by atoms with Crippen molar-refractivity contribution in [3.8, 4) is 0 Å². The van der Waals surface area contributed by atoms with E-state index in [9.17, 15) is 0 Å². The molecule has 0 aliphatic carbocycles. The zero-order valence-corrected chi connectivity index (χ0v) is 13.2. The first-order valence-corrected chi connectivity index (χ1v) is 7.45. The van der Waals surface area contributed by atoms with Gasteiger partial charge in [0.15, 0.2) is 0 Å². The van der Waals surface area contributed by atoms with E-state index in [1.54, 1.807) is 0 Å². The summed E-state index contributed by atoms with van der Waals surface area (Å²) in [6.07, 6.45) is 0. The van der Waals surface area contributed by atoms with Crippen molar-refractivity contribution in [1.82, 2.24) is 0 Å². The average molecular weight is 300 g/mol. The van der Waals surface area contributed by atoms with Gasteiger partial charge in [0.1, 0.15) is 11.3 Å². The van der Waals surface area contributed by atoms with Gasteiger partial charge in [0.2, 0.25) is 0 Å². The van der Waals surface area contributed by atoms with Crippen molar-refractivity contribution in [1.29, 1.82) is 0 Å². The molecule has 1 heterocycles. The van der Waals surface area contributed by atoms with Crippen molar-refractivity contribution in [3.05, 3.63) is 64.4 Å². The minimum absolute atomic E-state index is 0.0947. The molecule has 1 unspecified atom stereocenters. The predicted molar refractivity (Wildman–Crippen MR) is 89.2 cm³/mol. The van der Waals surface area contributed by atoms with Crippen LogP contribution >= 0.6 is 11.6 Å². The number of nitrogens with one attached hydrogen (secondary N) is 1. The number of para-hydroxylation sites is 1. The number of hydrogen-bond donors (Lipinski definition) is 1. The van der Waals surface area contributed by atoms with Crippen molar-refractivity contribution in [2.75, 3.05) is 5.32 Å². The summed E-state index contributed by atoms with van der Waals surface area (Å²) in [5.41, 5.74) is 4.33. The summed E-state index contributed by atoms with van der Waals surface area (Å²) in [5.74, 6) is 0.977. The first-order chi connectivity index (χ1) is 10.1. The fraction of sp³-hybridized carbons (Fsp3) is 0.222. The third-order valence-electron chi connectivity index (χ3n) is 3.83. The van der Waals surface area contributed by atoms with Crippen molar-refractivity contribution in [2.45, 2.75) is 26.8 Å². The number of benzene rings is 2. The molecular weight excluding hydrogens is 282 g/mol. The molecule has 2 aromatic carbocycles. The number of hydrogen-bond acceptors (Lipinski definition) is 2. The number of halogens is 1. The largest absolute Gasteiger partial charge is 0.459 e. The van der Waals surface area contributed by atoms with E-state index in [0.717, 1.165) is 27.6 Å². The van der Waals surface area contributed by atoms with Crippen molar-refractivity contribution in [3.63, 3.8) is 0 Å². The van der Waals surface area contributed by atoms with E-state index >= 15 is 0 Å². The molecule has 0 amide bonds. The lowest BCUT2D eigenvalue weighted by Crippen LogP contribution is -2.07. The Kier molecular flexibility index (Phi) is 3.64. The molecule has 3 heteroatoms. The highest BCUT2D eigenvalue weighted by Gasteiger charge is 2.16. The average Bonchev–Trinajstić information content (AvgIpc) is 2.80. The van der Waals surface area contributed by atoms with Crippen LogP contribution in [0, 0.1) is 13.8 Å². The summed E-state index contributed by atoms with van der Waals surface area (Å²) in [5, 5.41) is 5.43. The van der Waals surface area contributed by atoms with Crippen molar-refractivity contribution in [2.24, 2.45) is 0 Å². The summed E-state index contributed by atoms with van der Waals surface area (Å²) in [6, 6.07) is 14.1. The lowest BCUT2D eigenvalue weighted by molar-refractivity contribution is 0.522. The first kappa shape index (κ1) is 14.0. The molecular formula is C18H18ClNO. The monoisotopic (exact) mass is 299 g/mol. The maximum atomic E-state index is 6.01. The van der Waals surface area contributed by atoms with Crippen LogP contribution in [0.5, 0.6) is 0 Å². The van der Waals surface area contributed by atoms with E-state index < -0.39 is 0 Å². The SMILES string of the molecule is Cc1cc(Cl)ccc1NC(C)c1oc2ccccc2c1C. The van der Waals surface area contributed by atoms with Gasteiger partial charge in [-0.15, -0.1) is 0 Å². The third kappa shape index (κ3) is 2.64. The molecule has 1 aromatic heterocycles. The summed E-state index contributed by atoms with van der Waals surface area (Å²) in [4.78, 5) is 0. The highest BCUT2D eigenvalue weighted by molar-refractivity contribution is 6.30. The Morgan fingerprint density at radius 3 is 2.57 bits per heavy atom. The molecule has 3 aromatic rings. The molecule has 21 heavy (non-hydrogen) atoms. The summed E-state index contributed by atoms with van der Waals surface area (Å²) in [7, 11) is 0. The van der Waals surface area contributed by atoms with E-state index in [-0.39, 0.29) is 6.04 Å². The van der Waals surface area contributed by atoms with Crippen molar-refractivity contribution < 1.29 is 4.42 Å². The minimum atomic E-state index is 0.0947. The molecule has 2 nitrogen and oxygen atoms in total. The molecule has 0 saturated heterocycles. The number of anilines is 1. The molecule has 0 radical (unpaired) electrons. The molecule has 1 N–H and O–H groups in total. The topological polar surface area (TPSA) is 25.2 Å². The van der Waals surface area contributed by atoms with Gasteiger partial charge in [-0.05, 0) is 50.6 Å². The second-order valence-electron chi connectivity index (χ2n) is 5.41. The number of rotatable bonds is 3. The Bertz CT molecular complexity index is 791. The van der Waals surface area contributed by atoms with Crippen LogP contribution in [0.4, 0.5) is 5.69 Å². The van der Waals surface area contributed by atoms with Crippen LogP contribution < -0.4 is 5.32 Å². The molecule has 108 valence electrons.